The quantitative estimate of drug-likeness (QED) is 0.502. The summed E-state index contributed by atoms with van der Waals surface area (Å²) < 4.78 is 0. The summed E-state index contributed by atoms with van der Waals surface area (Å²) in [6.07, 6.45) is 0. The lowest BCUT2D eigenvalue weighted by molar-refractivity contribution is -0.121. The van der Waals surface area contributed by atoms with Crippen molar-refractivity contribution in [3.05, 3.63) is 100 Å². The number of rotatable bonds is 6. The van der Waals surface area contributed by atoms with Crippen molar-refractivity contribution in [3.8, 4) is 0 Å². The molecule has 32 heavy (non-hydrogen) atoms. The van der Waals surface area contributed by atoms with Crippen LogP contribution in [0.5, 0.6) is 0 Å². The van der Waals surface area contributed by atoms with E-state index in [1.165, 1.54) is 11.1 Å². The highest BCUT2D eigenvalue weighted by Gasteiger charge is 2.30. The zero-order valence-corrected chi connectivity index (χ0v) is 19.6. The highest BCUT2D eigenvalue weighted by Crippen LogP contribution is 2.31. The molecule has 4 rings (SSSR count). The molecule has 1 aliphatic rings. The number of carbonyl (C=O) groups excluding carboxylic acids is 1. The Bertz CT molecular complexity index is 998. The molecule has 3 aromatic rings. The average molecular weight is 468 g/mol. The van der Waals surface area contributed by atoms with E-state index in [1.807, 2.05) is 6.92 Å². The number of benzene rings is 3. The van der Waals surface area contributed by atoms with Crippen LogP contribution in [0.4, 0.5) is 5.69 Å². The van der Waals surface area contributed by atoms with E-state index in [0.717, 1.165) is 26.2 Å². The molecule has 1 saturated heterocycles. The summed E-state index contributed by atoms with van der Waals surface area (Å²) in [5.74, 6) is -0.0784. The molecule has 6 heteroatoms. The number of nitrogens with one attached hydrogen (secondary N) is 1. The Morgan fingerprint density at radius 2 is 1.31 bits per heavy atom. The molecule has 1 amide bonds. The third-order valence-corrected chi connectivity index (χ3v) is 6.90. The summed E-state index contributed by atoms with van der Waals surface area (Å²) in [7, 11) is 0. The van der Waals surface area contributed by atoms with Crippen LogP contribution >= 0.6 is 23.2 Å². The molecule has 0 aromatic heterocycles. The van der Waals surface area contributed by atoms with Gasteiger partial charge in [-0.1, -0.05) is 89.9 Å². The van der Waals surface area contributed by atoms with Gasteiger partial charge >= 0.3 is 0 Å². The molecular weight excluding hydrogens is 441 g/mol. The molecule has 0 bridgehead atoms. The fourth-order valence-electron chi connectivity index (χ4n) is 4.27. The summed E-state index contributed by atoms with van der Waals surface area (Å²) in [4.78, 5) is 17.6. The van der Waals surface area contributed by atoms with E-state index in [2.05, 4.69) is 75.8 Å². The van der Waals surface area contributed by atoms with Crippen LogP contribution in [-0.2, 0) is 4.79 Å². The van der Waals surface area contributed by atoms with Gasteiger partial charge in [0.15, 0.2) is 0 Å². The van der Waals surface area contributed by atoms with Crippen LogP contribution in [0.1, 0.15) is 24.1 Å². The first-order chi connectivity index (χ1) is 15.5. The Morgan fingerprint density at radius 1 is 0.781 bits per heavy atom. The lowest BCUT2D eigenvalue weighted by Gasteiger charge is -2.41. The molecule has 166 valence electrons. The Labute approximate surface area is 199 Å². The molecule has 0 spiro atoms. The van der Waals surface area contributed by atoms with Crippen molar-refractivity contribution in [3.63, 3.8) is 0 Å². The van der Waals surface area contributed by atoms with Crippen LogP contribution in [0, 0.1) is 0 Å². The molecular formula is C26H27Cl2N3O. The van der Waals surface area contributed by atoms with Crippen molar-refractivity contribution >= 4 is 34.8 Å². The van der Waals surface area contributed by atoms with Gasteiger partial charge in [-0.05, 0) is 30.2 Å². The van der Waals surface area contributed by atoms with E-state index < -0.39 is 0 Å². The van der Waals surface area contributed by atoms with Crippen molar-refractivity contribution in [2.45, 2.75) is 19.0 Å². The Morgan fingerprint density at radius 3 is 1.88 bits per heavy atom. The van der Waals surface area contributed by atoms with Crippen molar-refractivity contribution in [1.29, 1.82) is 0 Å². The summed E-state index contributed by atoms with van der Waals surface area (Å²) in [5.41, 5.74) is 3.12. The van der Waals surface area contributed by atoms with Gasteiger partial charge in [0.1, 0.15) is 0 Å². The fraction of sp³-hybridized carbons (Fsp3) is 0.269. The largest absolute Gasteiger partial charge is 0.323 e. The number of halogens is 2. The van der Waals surface area contributed by atoms with Crippen LogP contribution in [0.2, 0.25) is 10.0 Å². The second kappa shape index (κ2) is 10.5. The first-order valence-electron chi connectivity index (χ1n) is 10.9. The third kappa shape index (κ3) is 5.16. The van der Waals surface area contributed by atoms with E-state index in [9.17, 15) is 4.79 Å². The van der Waals surface area contributed by atoms with Crippen molar-refractivity contribution in [2.24, 2.45) is 0 Å². The molecule has 0 radical (unpaired) electrons. The molecule has 0 saturated carbocycles. The van der Waals surface area contributed by atoms with Crippen molar-refractivity contribution in [2.75, 3.05) is 31.5 Å². The van der Waals surface area contributed by atoms with Gasteiger partial charge < -0.3 is 5.32 Å². The molecule has 0 unspecified atom stereocenters. The topological polar surface area (TPSA) is 35.6 Å². The van der Waals surface area contributed by atoms with E-state index in [0.29, 0.717) is 15.7 Å². The highest BCUT2D eigenvalue weighted by molar-refractivity contribution is 6.44. The van der Waals surface area contributed by atoms with Gasteiger partial charge in [-0.25, -0.2) is 0 Å². The second-order valence-corrected chi connectivity index (χ2v) is 8.85. The monoisotopic (exact) mass is 467 g/mol. The molecule has 0 aliphatic carbocycles. The lowest BCUT2D eigenvalue weighted by atomic mass is 9.96. The molecule has 3 aromatic carbocycles. The summed E-state index contributed by atoms with van der Waals surface area (Å²) >= 11 is 12.3. The summed E-state index contributed by atoms with van der Waals surface area (Å²) in [5, 5.41) is 3.72. The third-order valence-electron chi connectivity index (χ3n) is 6.08. The minimum Gasteiger partial charge on any atom is -0.323 e. The standard InChI is InChI=1S/C26H27Cl2N3O/c1-19(26(32)29-23-14-8-13-22(27)24(23)28)30-15-17-31(18-16-30)25(20-9-4-2-5-10-20)21-11-6-3-7-12-21/h2-14,19,25H,15-18H2,1H3,(H,29,32)/t19-/m0/s1. The summed E-state index contributed by atoms with van der Waals surface area (Å²) in [6.45, 7) is 5.32. The van der Waals surface area contributed by atoms with Gasteiger partial charge in [0.2, 0.25) is 5.91 Å². The zero-order valence-electron chi connectivity index (χ0n) is 18.0. The van der Waals surface area contributed by atoms with Gasteiger partial charge in [-0.2, -0.15) is 0 Å². The maximum absolute atomic E-state index is 12.9. The fourth-order valence-corrected chi connectivity index (χ4v) is 4.62. The number of amides is 1. The highest BCUT2D eigenvalue weighted by atomic mass is 35.5. The van der Waals surface area contributed by atoms with Crippen LogP contribution < -0.4 is 5.32 Å². The number of anilines is 1. The van der Waals surface area contributed by atoms with Crippen LogP contribution in [-0.4, -0.2) is 47.9 Å². The Kier molecular flexibility index (Phi) is 7.48. The average Bonchev–Trinajstić information content (AvgIpc) is 2.83. The molecule has 1 fully saturated rings. The molecule has 4 nitrogen and oxygen atoms in total. The van der Waals surface area contributed by atoms with Crippen molar-refractivity contribution in [1.82, 2.24) is 9.80 Å². The molecule has 1 N–H and O–H groups in total. The number of nitrogens with zero attached hydrogens (tertiary/aromatic N) is 2. The molecule has 1 heterocycles. The lowest BCUT2D eigenvalue weighted by Crippen LogP contribution is -2.53. The van der Waals surface area contributed by atoms with E-state index in [4.69, 9.17) is 23.2 Å². The van der Waals surface area contributed by atoms with Gasteiger partial charge in [0.25, 0.3) is 0 Å². The molecule has 1 aliphatic heterocycles. The van der Waals surface area contributed by atoms with Gasteiger partial charge in [-0.15, -0.1) is 0 Å². The number of hydrogen-bond donors (Lipinski definition) is 1. The zero-order chi connectivity index (χ0) is 22.5. The minimum atomic E-state index is -0.265. The molecule has 1 atom stereocenters. The predicted molar refractivity (Wildman–Crippen MR) is 132 cm³/mol. The Hall–Kier alpha value is -2.37. The smallest absolute Gasteiger partial charge is 0.241 e. The Balaban J connectivity index is 1.43. The van der Waals surface area contributed by atoms with Crippen LogP contribution in [0.3, 0.4) is 0 Å². The predicted octanol–water partition coefficient (Wildman–Crippen LogP) is 5.73. The first-order valence-corrected chi connectivity index (χ1v) is 11.6. The first kappa shape index (κ1) is 22.8. The van der Waals surface area contributed by atoms with Crippen LogP contribution in [0.25, 0.3) is 0 Å². The van der Waals surface area contributed by atoms with E-state index in [1.54, 1.807) is 18.2 Å². The normalized spacial score (nSPS) is 16.1. The SMILES string of the molecule is C[C@@H](C(=O)Nc1cccc(Cl)c1Cl)N1CCN(C(c2ccccc2)c2ccccc2)CC1. The van der Waals surface area contributed by atoms with Gasteiger partial charge in [0, 0.05) is 26.2 Å². The number of hydrogen-bond acceptors (Lipinski definition) is 3. The van der Waals surface area contributed by atoms with Crippen LogP contribution in [0.15, 0.2) is 78.9 Å². The van der Waals surface area contributed by atoms with Crippen molar-refractivity contribution < 1.29 is 4.79 Å². The summed E-state index contributed by atoms with van der Waals surface area (Å²) in [6, 6.07) is 26.4. The maximum Gasteiger partial charge on any atom is 0.241 e. The second-order valence-electron chi connectivity index (χ2n) is 8.06. The van der Waals surface area contributed by atoms with E-state index >= 15 is 0 Å². The van der Waals surface area contributed by atoms with Gasteiger partial charge in [-0.3, -0.25) is 14.6 Å². The minimum absolute atomic E-state index is 0.0784. The number of piperazine rings is 1. The maximum atomic E-state index is 12.9. The van der Waals surface area contributed by atoms with Gasteiger partial charge in [0.05, 0.1) is 27.8 Å². The number of carbonyl (C=O) groups is 1. The van der Waals surface area contributed by atoms with E-state index in [-0.39, 0.29) is 18.0 Å².